The predicted octanol–water partition coefficient (Wildman–Crippen LogP) is 4.60. The van der Waals surface area contributed by atoms with Gasteiger partial charge in [0.05, 0.1) is 11.7 Å². The minimum Gasteiger partial charge on any atom is -0.444 e. The number of alkyl carbamates (subject to hydrolysis) is 1. The molecule has 3 N–H and O–H groups in total. The summed E-state index contributed by atoms with van der Waals surface area (Å²) in [4.78, 5) is 30.2. The van der Waals surface area contributed by atoms with Gasteiger partial charge in [-0.3, -0.25) is 0 Å². The Kier molecular flexibility index (Phi) is 7.99. The van der Waals surface area contributed by atoms with Crippen molar-refractivity contribution < 1.29 is 23.4 Å². The number of aromatic amines is 1. The van der Waals surface area contributed by atoms with E-state index in [0.29, 0.717) is 28.2 Å². The molecule has 0 aliphatic carbocycles. The van der Waals surface area contributed by atoms with E-state index in [0.717, 1.165) is 6.07 Å². The molecule has 0 saturated carbocycles. The number of aromatic nitrogens is 4. The number of rotatable bonds is 5. The van der Waals surface area contributed by atoms with Crippen molar-refractivity contribution in [3.8, 4) is 23.0 Å². The Morgan fingerprint density at radius 1 is 1.10 bits per heavy atom. The van der Waals surface area contributed by atoms with Gasteiger partial charge in [0.25, 0.3) is 0 Å². The summed E-state index contributed by atoms with van der Waals surface area (Å²) in [5, 5.41) is 19.3. The Morgan fingerprint density at radius 2 is 1.76 bits per heavy atom. The van der Waals surface area contributed by atoms with Gasteiger partial charge in [0.2, 0.25) is 0 Å². The lowest BCUT2D eigenvalue weighted by atomic mass is 9.94. The number of carbonyl (C=O) groups excluding carboxylic acids is 1. The second-order valence-electron chi connectivity index (χ2n) is 11.2. The van der Waals surface area contributed by atoms with Crippen molar-refractivity contribution in [3.63, 3.8) is 0 Å². The van der Waals surface area contributed by atoms with E-state index in [1.807, 2.05) is 0 Å². The molecule has 4 aromatic rings. The molecule has 9 nitrogen and oxygen atoms in total. The summed E-state index contributed by atoms with van der Waals surface area (Å²) in [6, 6.07) is 8.96. The van der Waals surface area contributed by atoms with E-state index in [4.69, 9.17) is 9.72 Å². The van der Waals surface area contributed by atoms with Crippen molar-refractivity contribution in [2.45, 2.75) is 65.2 Å². The predicted molar refractivity (Wildman–Crippen MR) is 149 cm³/mol. The average molecular weight is 564 g/mol. The highest BCUT2D eigenvalue weighted by atomic mass is 19.1. The van der Waals surface area contributed by atoms with Crippen LogP contribution in [0.4, 0.5) is 13.6 Å². The van der Waals surface area contributed by atoms with E-state index in [9.17, 15) is 23.5 Å². The quantitative estimate of drug-likeness (QED) is 0.305. The van der Waals surface area contributed by atoms with Gasteiger partial charge in [0.15, 0.2) is 5.65 Å². The van der Waals surface area contributed by atoms with Crippen molar-refractivity contribution in [3.05, 3.63) is 87.2 Å². The molecular formula is C30H31F2N5O4. The molecule has 0 aliphatic rings. The Hall–Kier alpha value is -4.56. The van der Waals surface area contributed by atoms with Gasteiger partial charge in [-0.15, -0.1) is 0 Å². The van der Waals surface area contributed by atoms with Gasteiger partial charge in [-0.25, -0.2) is 32.9 Å². The third kappa shape index (κ3) is 7.35. The molecule has 1 amide bonds. The van der Waals surface area contributed by atoms with E-state index in [1.54, 1.807) is 52.0 Å². The highest BCUT2D eigenvalue weighted by Crippen LogP contribution is 2.32. The molecule has 3 heterocycles. The van der Waals surface area contributed by atoms with Crippen LogP contribution in [0.1, 0.15) is 63.3 Å². The molecule has 0 saturated heterocycles. The third-order valence-corrected chi connectivity index (χ3v) is 5.92. The average Bonchev–Trinajstić information content (AvgIpc) is 3.22. The van der Waals surface area contributed by atoms with Crippen LogP contribution in [0.2, 0.25) is 0 Å². The number of fused-ring (bicyclic) bond motifs is 1. The lowest BCUT2D eigenvalue weighted by Gasteiger charge is -2.25. The van der Waals surface area contributed by atoms with Crippen LogP contribution < -0.4 is 11.0 Å². The molecule has 214 valence electrons. The Bertz CT molecular complexity index is 1720. The van der Waals surface area contributed by atoms with Gasteiger partial charge in [0, 0.05) is 22.9 Å². The number of H-pyrrole nitrogens is 1. The summed E-state index contributed by atoms with van der Waals surface area (Å²) in [6.45, 7) is 9.93. The van der Waals surface area contributed by atoms with E-state index in [-0.39, 0.29) is 17.7 Å². The highest BCUT2D eigenvalue weighted by molar-refractivity contribution is 5.73. The van der Waals surface area contributed by atoms with Gasteiger partial charge in [-0.05, 0) is 95.8 Å². The van der Waals surface area contributed by atoms with Crippen LogP contribution in [-0.2, 0) is 11.2 Å². The number of nitrogens with one attached hydrogen (secondary N) is 2. The number of aliphatic hydroxyl groups is 1. The second kappa shape index (κ2) is 11.1. The standard InChI is InChI=1S/C30H31F2N5O4/c1-17-22(9-10-25-35-36-27(38)37(17)25)23-8-7-21(11-12-30(5,6)40)33-26(23)24(34-28(39)41-29(2,3)4)15-18-13-19(31)16-20(32)14-18/h7-10,13-14,16,24,40H,15H2,1-6H3,(H,34,39)(H,36,38)/t24-/m0/s1. The molecule has 0 radical (unpaired) electrons. The van der Waals surface area contributed by atoms with E-state index >= 15 is 0 Å². The van der Waals surface area contributed by atoms with E-state index in [1.165, 1.54) is 30.4 Å². The van der Waals surface area contributed by atoms with Crippen LogP contribution in [0.25, 0.3) is 16.8 Å². The normalized spacial score (nSPS) is 12.5. The molecule has 0 bridgehead atoms. The molecule has 0 aliphatic heterocycles. The largest absolute Gasteiger partial charge is 0.444 e. The number of hydrogen-bond acceptors (Lipinski definition) is 6. The van der Waals surface area contributed by atoms with Crippen molar-refractivity contribution in [1.29, 1.82) is 0 Å². The third-order valence-electron chi connectivity index (χ3n) is 5.92. The number of amides is 1. The zero-order valence-electron chi connectivity index (χ0n) is 23.6. The van der Waals surface area contributed by atoms with Gasteiger partial charge < -0.3 is 15.2 Å². The Labute approximate surface area is 235 Å². The SMILES string of the molecule is Cc1c(-c2ccc(C#CC(C)(C)O)nc2[C@H](Cc2cc(F)cc(F)c2)NC(=O)OC(C)(C)C)ccc2n[nH]c(=O)n12. The number of benzene rings is 1. The van der Waals surface area contributed by atoms with Crippen LogP contribution >= 0.6 is 0 Å². The summed E-state index contributed by atoms with van der Waals surface area (Å²) in [5.74, 6) is 4.01. The van der Waals surface area contributed by atoms with E-state index < -0.39 is 40.7 Å². The number of nitrogens with zero attached hydrogens (tertiary/aromatic N) is 3. The summed E-state index contributed by atoms with van der Waals surface area (Å²) in [6.07, 6.45) is -0.818. The maximum atomic E-state index is 14.1. The van der Waals surface area contributed by atoms with Gasteiger partial charge >= 0.3 is 11.8 Å². The molecule has 1 aromatic carbocycles. The highest BCUT2D eigenvalue weighted by Gasteiger charge is 2.26. The minimum atomic E-state index is -1.29. The summed E-state index contributed by atoms with van der Waals surface area (Å²) in [7, 11) is 0. The van der Waals surface area contributed by atoms with E-state index in [2.05, 4.69) is 27.4 Å². The molecule has 1 atom stereocenters. The fraction of sp³-hybridized carbons (Fsp3) is 0.333. The smallest absolute Gasteiger partial charge is 0.408 e. The molecule has 11 heteroatoms. The summed E-state index contributed by atoms with van der Waals surface area (Å²) in [5.41, 5.74) is 0.412. The number of ether oxygens (including phenoxy) is 1. The fourth-order valence-corrected chi connectivity index (χ4v) is 4.31. The summed E-state index contributed by atoms with van der Waals surface area (Å²) < 4.78 is 35.2. The first kappa shape index (κ1) is 29.4. The fourth-order valence-electron chi connectivity index (χ4n) is 4.31. The second-order valence-corrected chi connectivity index (χ2v) is 11.2. The van der Waals surface area contributed by atoms with Crippen molar-refractivity contribution in [2.75, 3.05) is 0 Å². The Morgan fingerprint density at radius 3 is 2.39 bits per heavy atom. The number of halogens is 2. The zero-order valence-corrected chi connectivity index (χ0v) is 23.6. The van der Waals surface area contributed by atoms with Crippen LogP contribution in [0.3, 0.4) is 0 Å². The maximum Gasteiger partial charge on any atom is 0.408 e. The molecule has 4 rings (SSSR count). The van der Waals surface area contributed by atoms with Crippen molar-refractivity contribution in [1.82, 2.24) is 24.9 Å². The first-order valence-electron chi connectivity index (χ1n) is 12.9. The van der Waals surface area contributed by atoms with Gasteiger partial charge in [0.1, 0.15) is 28.5 Å². The van der Waals surface area contributed by atoms with Crippen LogP contribution in [0.15, 0.2) is 47.3 Å². The first-order valence-corrected chi connectivity index (χ1v) is 12.9. The number of hydrogen-bond donors (Lipinski definition) is 3. The zero-order chi connectivity index (χ0) is 30.1. The number of aryl methyl sites for hydroxylation is 1. The van der Waals surface area contributed by atoms with Gasteiger partial charge in [-0.1, -0.05) is 5.92 Å². The van der Waals surface area contributed by atoms with Crippen LogP contribution in [0.5, 0.6) is 0 Å². The topological polar surface area (TPSA) is 122 Å². The number of carbonyl (C=O) groups is 1. The van der Waals surface area contributed by atoms with Crippen molar-refractivity contribution in [2.24, 2.45) is 0 Å². The maximum absolute atomic E-state index is 14.1. The monoisotopic (exact) mass is 563 g/mol. The molecule has 41 heavy (non-hydrogen) atoms. The first-order chi connectivity index (χ1) is 19.1. The lowest BCUT2D eigenvalue weighted by molar-refractivity contribution is 0.0502. The van der Waals surface area contributed by atoms with Crippen molar-refractivity contribution >= 4 is 11.7 Å². The lowest BCUT2D eigenvalue weighted by Crippen LogP contribution is -2.36. The molecule has 3 aromatic heterocycles. The minimum absolute atomic E-state index is 0.0523. The molecule has 0 spiro atoms. The van der Waals surface area contributed by atoms with Crippen LogP contribution in [0, 0.1) is 30.4 Å². The molecule has 0 unspecified atom stereocenters. The van der Waals surface area contributed by atoms with Gasteiger partial charge in [-0.2, -0.15) is 5.10 Å². The van der Waals surface area contributed by atoms with Crippen LogP contribution in [-0.4, -0.2) is 42.0 Å². The summed E-state index contributed by atoms with van der Waals surface area (Å²) >= 11 is 0. The molecular weight excluding hydrogens is 532 g/mol. The Balaban J connectivity index is 1.94. The molecule has 0 fully saturated rings. The number of pyridine rings is 2.